The number of pyridine rings is 2. The molecule has 0 aliphatic heterocycles. The summed E-state index contributed by atoms with van der Waals surface area (Å²) in [6.07, 6.45) is 1.60. The lowest BCUT2D eigenvalue weighted by Crippen LogP contribution is -1.99. The molecule has 0 unspecified atom stereocenters. The Morgan fingerprint density at radius 1 is 1.24 bits per heavy atom. The van der Waals surface area contributed by atoms with Crippen molar-refractivity contribution < 1.29 is 8.78 Å². The maximum Gasteiger partial charge on any atom is 0.168 e. The minimum atomic E-state index is -0.713. The van der Waals surface area contributed by atoms with Gasteiger partial charge in [-0.25, -0.2) is 18.7 Å². The molecule has 6 heteroatoms. The van der Waals surface area contributed by atoms with Gasteiger partial charge >= 0.3 is 0 Å². The Balaban J connectivity index is 2.33. The summed E-state index contributed by atoms with van der Waals surface area (Å²) in [5.74, 6) is -1.39. The fourth-order valence-corrected chi connectivity index (χ4v) is 1.95. The van der Waals surface area contributed by atoms with E-state index in [4.69, 9.17) is 0 Å². The molecule has 17 heavy (non-hydrogen) atoms. The zero-order valence-corrected chi connectivity index (χ0v) is 9.76. The number of anilines is 1. The third-order valence-corrected chi connectivity index (χ3v) is 2.90. The van der Waals surface area contributed by atoms with E-state index in [0.717, 1.165) is 17.8 Å². The number of halogens is 2. The van der Waals surface area contributed by atoms with Gasteiger partial charge in [-0.1, -0.05) is 6.07 Å². The first kappa shape index (κ1) is 11.8. The van der Waals surface area contributed by atoms with Gasteiger partial charge in [-0.2, -0.15) is 0 Å². The summed E-state index contributed by atoms with van der Waals surface area (Å²) in [7, 11) is 1.53. The quantitative estimate of drug-likeness (QED) is 0.912. The zero-order chi connectivity index (χ0) is 12.3. The second-order valence-corrected chi connectivity index (χ2v) is 4.13. The van der Waals surface area contributed by atoms with E-state index in [0.29, 0.717) is 5.03 Å². The highest BCUT2D eigenvalue weighted by molar-refractivity contribution is 7.99. The summed E-state index contributed by atoms with van der Waals surface area (Å²) in [5, 5.41) is 3.26. The monoisotopic (exact) mass is 253 g/mol. The highest BCUT2D eigenvalue weighted by atomic mass is 32.2. The number of hydrogen-bond donors (Lipinski definition) is 1. The normalized spacial score (nSPS) is 10.3. The van der Waals surface area contributed by atoms with Crippen LogP contribution in [0.4, 0.5) is 14.6 Å². The van der Waals surface area contributed by atoms with E-state index in [-0.39, 0.29) is 10.8 Å². The Bertz CT molecular complexity index is 520. The Morgan fingerprint density at radius 3 is 2.71 bits per heavy atom. The minimum Gasteiger partial charge on any atom is -0.371 e. The molecule has 2 rings (SSSR count). The van der Waals surface area contributed by atoms with Crippen molar-refractivity contribution in [3.63, 3.8) is 0 Å². The van der Waals surface area contributed by atoms with Crippen molar-refractivity contribution in [2.24, 2.45) is 0 Å². The molecule has 0 bridgehead atoms. The van der Waals surface area contributed by atoms with E-state index >= 15 is 0 Å². The number of hydrogen-bond acceptors (Lipinski definition) is 4. The second-order valence-electron chi connectivity index (χ2n) is 3.13. The van der Waals surface area contributed by atoms with Crippen LogP contribution in [0.3, 0.4) is 0 Å². The molecular formula is C11H9F2N3S. The van der Waals surface area contributed by atoms with Crippen molar-refractivity contribution in [1.82, 2.24) is 9.97 Å². The summed E-state index contributed by atoms with van der Waals surface area (Å²) in [6, 6.07) is 6.09. The topological polar surface area (TPSA) is 37.8 Å². The van der Waals surface area contributed by atoms with Crippen LogP contribution in [0.15, 0.2) is 40.5 Å². The van der Waals surface area contributed by atoms with Crippen LogP contribution in [-0.2, 0) is 0 Å². The Morgan fingerprint density at radius 2 is 2.06 bits per heavy atom. The van der Waals surface area contributed by atoms with Crippen molar-refractivity contribution in [2.75, 3.05) is 12.4 Å². The van der Waals surface area contributed by atoms with Crippen LogP contribution < -0.4 is 5.32 Å². The number of nitrogens with one attached hydrogen (secondary N) is 1. The van der Waals surface area contributed by atoms with E-state index in [1.165, 1.54) is 7.05 Å². The molecule has 0 radical (unpaired) electrons. The van der Waals surface area contributed by atoms with Crippen LogP contribution in [0.1, 0.15) is 0 Å². The van der Waals surface area contributed by atoms with E-state index in [9.17, 15) is 8.78 Å². The largest absolute Gasteiger partial charge is 0.371 e. The summed E-state index contributed by atoms with van der Waals surface area (Å²) in [4.78, 5) is 7.88. The molecule has 0 saturated carbocycles. The minimum absolute atomic E-state index is 0.0184. The molecule has 88 valence electrons. The van der Waals surface area contributed by atoms with E-state index in [2.05, 4.69) is 15.3 Å². The molecule has 0 fully saturated rings. The summed E-state index contributed by atoms with van der Waals surface area (Å²) in [6.45, 7) is 0. The van der Waals surface area contributed by atoms with E-state index in [1.807, 2.05) is 0 Å². The van der Waals surface area contributed by atoms with Crippen molar-refractivity contribution in [1.29, 1.82) is 0 Å². The average molecular weight is 253 g/mol. The SMILES string of the molecule is CNc1nc(Sc2ccccn2)c(F)cc1F. The van der Waals surface area contributed by atoms with Gasteiger partial charge in [-0.3, -0.25) is 0 Å². The first-order chi connectivity index (χ1) is 8.20. The van der Waals surface area contributed by atoms with Gasteiger partial charge in [-0.05, 0) is 23.9 Å². The Labute approximate surface area is 101 Å². The molecule has 2 aromatic rings. The average Bonchev–Trinajstić information content (AvgIpc) is 2.34. The predicted molar refractivity (Wildman–Crippen MR) is 62.1 cm³/mol. The summed E-state index contributed by atoms with van der Waals surface area (Å²) >= 11 is 1.05. The van der Waals surface area contributed by atoms with E-state index in [1.54, 1.807) is 24.4 Å². The first-order valence-corrected chi connectivity index (χ1v) is 5.65. The second kappa shape index (κ2) is 5.09. The van der Waals surface area contributed by atoms with Gasteiger partial charge in [-0.15, -0.1) is 0 Å². The molecule has 1 N–H and O–H groups in total. The highest BCUT2D eigenvalue weighted by Crippen LogP contribution is 2.28. The first-order valence-electron chi connectivity index (χ1n) is 4.83. The van der Waals surface area contributed by atoms with Crippen LogP contribution in [0.5, 0.6) is 0 Å². The third-order valence-electron chi connectivity index (χ3n) is 1.97. The molecule has 0 atom stereocenters. The van der Waals surface area contributed by atoms with Crippen molar-refractivity contribution in [3.8, 4) is 0 Å². The van der Waals surface area contributed by atoms with Crippen LogP contribution in [0.25, 0.3) is 0 Å². The van der Waals surface area contributed by atoms with Crippen LogP contribution >= 0.6 is 11.8 Å². The smallest absolute Gasteiger partial charge is 0.168 e. The summed E-state index contributed by atoms with van der Waals surface area (Å²) < 4.78 is 26.7. The summed E-state index contributed by atoms with van der Waals surface area (Å²) in [5.41, 5.74) is 0. The lowest BCUT2D eigenvalue weighted by atomic mass is 10.4. The fourth-order valence-electron chi connectivity index (χ4n) is 1.20. The fraction of sp³-hybridized carbons (Fsp3) is 0.0909. The molecular weight excluding hydrogens is 244 g/mol. The lowest BCUT2D eigenvalue weighted by Gasteiger charge is -2.05. The predicted octanol–water partition coefficient (Wildman–Crippen LogP) is 2.95. The van der Waals surface area contributed by atoms with Gasteiger partial charge in [0, 0.05) is 19.3 Å². The molecule has 0 aliphatic carbocycles. The zero-order valence-electron chi connectivity index (χ0n) is 8.95. The number of aromatic nitrogens is 2. The highest BCUT2D eigenvalue weighted by Gasteiger charge is 2.12. The lowest BCUT2D eigenvalue weighted by molar-refractivity contribution is 0.551. The molecule has 3 nitrogen and oxygen atoms in total. The third kappa shape index (κ3) is 2.71. The van der Waals surface area contributed by atoms with Crippen molar-refractivity contribution >= 4 is 17.6 Å². The molecule has 0 saturated heterocycles. The van der Waals surface area contributed by atoms with Crippen LogP contribution in [-0.4, -0.2) is 17.0 Å². The van der Waals surface area contributed by atoms with Gasteiger partial charge in [0.05, 0.1) is 0 Å². The van der Waals surface area contributed by atoms with Gasteiger partial charge < -0.3 is 5.32 Å². The van der Waals surface area contributed by atoms with Gasteiger partial charge in [0.1, 0.15) is 10.1 Å². The molecule has 2 heterocycles. The molecule has 0 aromatic carbocycles. The molecule has 0 amide bonds. The maximum atomic E-state index is 13.5. The maximum absolute atomic E-state index is 13.5. The number of nitrogens with zero attached hydrogens (tertiary/aromatic N) is 2. The van der Waals surface area contributed by atoms with Crippen LogP contribution in [0.2, 0.25) is 0 Å². The Hall–Kier alpha value is -1.69. The standard InChI is InChI=1S/C11H9F2N3S/c1-14-10-7(12)6-8(13)11(16-10)17-9-4-2-3-5-15-9/h2-6H,1H3,(H,14,16). The van der Waals surface area contributed by atoms with Crippen molar-refractivity contribution in [2.45, 2.75) is 10.1 Å². The molecule has 2 aromatic heterocycles. The Kier molecular flexibility index (Phi) is 3.53. The van der Waals surface area contributed by atoms with Gasteiger partial charge in [0.2, 0.25) is 0 Å². The van der Waals surface area contributed by atoms with Crippen LogP contribution in [0, 0.1) is 11.6 Å². The van der Waals surface area contributed by atoms with Crippen molar-refractivity contribution in [3.05, 3.63) is 42.1 Å². The van der Waals surface area contributed by atoms with E-state index < -0.39 is 11.6 Å². The van der Waals surface area contributed by atoms with Gasteiger partial charge in [0.25, 0.3) is 0 Å². The van der Waals surface area contributed by atoms with Gasteiger partial charge in [0.15, 0.2) is 17.5 Å². The molecule has 0 aliphatic rings. The number of rotatable bonds is 3. The molecule has 0 spiro atoms.